The van der Waals surface area contributed by atoms with Crippen LogP contribution in [-0.4, -0.2) is 42.2 Å². The molecule has 2 aliphatic carbocycles. The molecular weight excluding hydrogens is 336 g/mol. The number of fused-ring (bicyclic) bond motifs is 5. The molecule has 1 N–H and O–H groups in total. The third-order valence-electron chi connectivity index (χ3n) is 5.45. The zero-order valence-corrected chi connectivity index (χ0v) is 14.2. The van der Waals surface area contributed by atoms with Gasteiger partial charge in [-0.15, -0.1) is 0 Å². The molecule has 1 saturated carbocycles. The van der Waals surface area contributed by atoms with E-state index < -0.39 is 11.9 Å². The number of hydrogen-bond donors (Lipinski definition) is 1. The number of benzene rings is 1. The number of carbonyl (C=O) groups excluding carboxylic acids is 4. The van der Waals surface area contributed by atoms with Gasteiger partial charge in [0.05, 0.1) is 24.5 Å². The summed E-state index contributed by atoms with van der Waals surface area (Å²) < 4.78 is 4.62. The number of hydrogen-bond acceptors (Lipinski definition) is 5. The van der Waals surface area contributed by atoms with E-state index in [2.05, 4.69) is 10.1 Å². The molecule has 134 valence electrons. The first-order valence-corrected chi connectivity index (χ1v) is 8.51. The number of carbonyl (C=O) groups is 4. The molecule has 3 aliphatic rings. The Balaban J connectivity index is 1.40. The summed E-state index contributed by atoms with van der Waals surface area (Å²) in [6.45, 7) is -0.289. The van der Waals surface area contributed by atoms with E-state index in [0.29, 0.717) is 11.3 Å². The number of ether oxygens (including phenoxy) is 1. The topological polar surface area (TPSA) is 92.8 Å². The van der Waals surface area contributed by atoms with Crippen molar-refractivity contribution in [3.63, 3.8) is 0 Å². The Bertz CT molecular complexity index is 799. The van der Waals surface area contributed by atoms with Crippen molar-refractivity contribution in [2.75, 3.05) is 19.0 Å². The maximum Gasteiger partial charge on any atom is 0.337 e. The van der Waals surface area contributed by atoms with Crippen LogP contribution in [0.3, 0.4) is 0 Å². The monoisotopic (exact) mass is 354 g/mol. The Morgan fingerprint density at radius 3 is 2.19 bits per heavy atom. The Hall–Kier alpha value is -2.96. The first-order chi connectivity index (χ1) is 12.5. The van der Waals surface area contributed by atoms with Gasteiger partial charge in [-0.3, -0.25) is 19.3 Å². The van der Waals surface area contributed by atoms with Crippen molar-refractivity contribution < 1.29 is 23.9 Å². The number of likely N-dealkylation sites (tertiary alicyclic amines) is 1. The fraction of sp³-hybridized carbons (Fsp3) is 0.368. The van der Waals surface area contributed by atoms with Gasteiger partial charge in [-0.1, -0.05) is 12.2 Å². The van der Waals surface area contributed by atoms with Crippen LogP contribution in [0.2, 0.25) is 0 Å². The van der Waals surface area contributed by atoms with E-state index in [4.69, 9.17) is 0 Å². The number of imide groups is 1. The van der Waals surface area contributed by atoms with Crippen LogP contribution >= 0.6 is 0 Å². The summed E-state index contributed by atoms with van der Waals surface area (Å²) in [4.78, 5) is 49.9. The number of rotatable bonds is 4. The summed E-state index contributed by atoms with van der Waals surface area (Å²) >= 11 is 0. The molecule has 2 bridgehead atoms. The van der Waals surface area contributed by atoms with Gasteiger partial charge >= 0.3 is 5.97 Å². The van der Waals surface area contributed by atoms with Crippen molar-refractivity contribution in [3.8, 4) is 0 Å². The molecular formula is C19H18N2O5. The minimum absolute atomic E-state index is 0.125. The fourth-order valence-electron chi connectivity index (χ4n) is 4.27. The molecule has 0 spiro atoms. The molecule has 0 unspecified atom stereocenters. The number of allylic oxidation sites excluding steroid dienone is 2. The SMILES string of the molecule is COC(=O)c1ccc(NC(=O)CN2C(=O)[C@@H]3[C@@H](C2=O)[C@H]2C=C[C@H]3C2)cc1. The maximum absolute atomic E-state index is 12.6. The smallest absolute Gasteiger partial charge is 0.337 e. The van der Waals surface area contributed by atoms with Gasteiger partial charge in [0.2, 0.25) is 17.7 Å². The Kier molecular flexibility index (Phi) is 3.86. The van der Waals surface area contributed by atoms with Crippen molar-refractivity contribution in [2.24, 2.45) is 23.7 Å². The van der Waals surface area contributed by atoms with Gasteiger partial charge in [-0.05, 0) is 42.5 Å². The highest BCUT2D eigenvalue weighted by atomic mass is 16.5. The summed E-state index contributed by atoms with van der Waals surface area (Å²) in [6, 6.07) is 6.19. The molecule has 1 aliphatic heterocycles. The number of nitrogens with one attached hydrogen (secondary N) is 1. The molecule has 2 fully saturated rings. The Labute approximate surface area is 150 Å². The summed E-state index contributed by atoms with van der Waals surface area (Å²) in [5.41, 5.74) is 0.842. The van der Waals surface area contributed by atoms with E-state index in [9.17, 15) is 19.2 Å². The van der Waals surface area contributed by atoms with Crippen LogP contribution in [-0.2, 0) is 19.1 Å². The summed E-state index contributed by atoms with van der Waals surface area (Å²) in [5, 5.41) is 2.65. The van der Waals surface area contributed by atoms with E-state index in [0.717, 1.165) is 11.3 Å². The predicted molar refractivity (Wildman–Crippen MR) is 90.8 cm³/mol. The molecule has 4 atom stereocenters. The van der Waals surface area contributed by atoms with Crippen molar-refractivity contribution in [2.45, 2.75) is 6.42 Å². The molecule has 7 nitrogen and oxygen atoms in total. The first-order valence-electron chi connectivity index (χ1n) is 8.51. The number of amides is 3. The lowest BCUT2D eigenvalue weighted by atomic mass is 9.85. The van der Waals surface area contributed by atoms with Gasteiger partial charge in [-0.25, -0.2) is 4.79 Å². The van der Waals surface area contributed by atoms with Crippen LogP contribution < -0.4 is 5.32 Å². The molecule has 3 amide bonds. The summed E-state index contributed by atoms with van der Waals surface area (Å²) in [6.07, 6.45) is 4.90. The van der Waals surface area contributed by atoms with Gasteiger partial charge in [0, 0.05) is 5.69 Å². The van der Waals surface area contributed by atoms with Crippen LogP contribution in [0.1, 0.15) is 16.8 Å². The maximum atomic E-state index is 12.6. The number of esters is 1. The van der Waals surface area contributed by atoms with Gasteiger partial charge in [0.1, 0.15) is 6.54 Å². The van der Waals surface area contributed by atoms with Gasteiger partial charge in [0.15, 0.2) is 0 Å². The average Bonchev–Trinajstić information content (AvgIpc) is 3.32. The zero-order valence-electron chi connectivity index (χ0n) is 14.2. The van der Waals surface area contributed by atoms with Crippen LogP contribution in [0, 0.1) is 23.7 Å². The Morgan fingerprint density at radius 1 is 1.08 bits per heavy atom. The molecule has 1 aromatic carbocycles. The normalized spacial score (nSPS) is 28.4. The van der Waals surface area contributed by atoms with Gasteiger partial charge in [-0.2, -0.15) is 0 Å². The third kappa shape index (κ3) is 2.51. The Morgan fingerprint density at radius 2 is 1.65 bits per heavy atom. The lowest BCUT2D eigenvalue weighted by molar-refractivity contribution is -0.143. The number of nitrogens with zero attached hydrogens (tertiary/aromatic N) is 1. The van der Waals surface area contributed by atoms with Crippen molar-refractivity contribution in [3.05, 3.63) is 42.0 Å². The lowest BCUT2D eigenvalue weighted by Gasteiger charge is -2.16. The largest absolute Gasteiger partial charge is 0.465 e. The molecule has 1 heterocycles. The zero-order chi connectivity index (χ0) is 18.4. The highest BCUT2D eigenvalue weighted by Crippen LogP contribution is 2.52. The van der Waals surface area contributed by atoms with Crippen molar-refractivity contribution in [1.29, 1.82) is 0 Å². The third-order valence-corrected chi connectivity index (χ3v) is 5.45. The van der Waals surface area contributed by atoms with E-state index in [1.165, 1.54) is 19.2 Å². The lowest BCUT2D eigenvalue weighted by Crippen LogP contribution is -2.39. The van der Waals surface area contributed by atoms with Crippen LogP contribution in [0.25, 0.3) is 0 Å². The predicted octanol–water partition coefficient (Wildman–Crippen LogP) is 1.22. The molecule has 1 aromatic rings. The summed E-state index contributed by atoms with van der Waals surface area (Å²) in [5.74, 6) is -1.75. The number of methoxy groups -OCH3 is 1. The molecule has 4 rings (SSSR count). The number of anilines is 1. The minimum atomic E-state index is -0.467. The molecule has 7 heteroatoms. The van der Waals surface area contributed by atoms with Crippen LogP contribution in [0.15, 0.2) is 36.4 Å². The first kappa shape index (κ1) is 16.5. The highest BCUT2D eigenvalue weighted by Gasteiger charge is 2.59. The average molecular weight is 354 g/mol. The van der Waals surface area contributed by atoms with Crippen LogP contribution in [0.4, 0.5) is 5.69 Å². The highest BCUT2D eigenvalue weighted by molar-refractivity contribution is 6.09. The van der Waals surface area contributed by atoms with Crippen molar-refractivity contribution in [1.82, 2.24) is 4.90 Å². The molecule has 1 saturated heterocycles. The fourth-order valence-corrected chi connectivity index (χ4v) is 4.27. The molecule has 0 aromatic heterocycles. The van der Waals surface area contributed by atoms with Gasteiger partial charge < -0.3 is 10.1 Å². The second-order valence-electron chi connectivity index (χ2n) is 6.88. The second-order valence-corrected chi connectivity index (χ2v) is 6.88. The van der Waals surface area contributed by atoms with E-state index >= 15 is 0 Å². The minimum Gasteiger partial charge on any atom is -0.465 e. The molecule has 0 radical (unpaired) electrons. The quantitative estimate of drug-likeness (QED) is 0.499. The summed E-state index contributed by atoms with van der Waals surface area (Å²) in [7, 11) is 1.29. The molecule has 26 heavy (non-hydrogen) atoms. The standard InChI is InChI=1S/C19H18N2O5/c1-26-19(25)10-4-6-13(7-5-10)20-14(22)9-21-17(23)15-11-2-3-12(8-11)16(15)18(21)24/h2-7,11-12,15-16H,8-9H2,1H3,(H,20,22)/t11-,12-,15-,16-/m0/s1. The van der Waals surface area contributed by atoms with E-state index in [1.54, 1.807) is 12.1 Å². The second kappa shape index (κ2) is 6.09. The van der Waals surface area contributed by atoms with Crippen molar-refractivity contribution >= 4 is 29.4 Å². The van der Waals surface area contributed by atoms with Gasteiger partial charge in [0.25, 0.3) is 0 Å². The van der Waals surface area contributed by atoms with E-state index in [1.807, 2.05) is 12.2 Å². The van der Waals surface area contributed by atoms with Crippen LogP contribution in [0.5, 0.6) is 0 Å². The van der Waals surface area contributed by atoms with E-state index in [-0.39, 0.29) is 42.0 Å².